The summed E-state index contributed by atoms with van der Waals surface area (Å²) in [5, 5.41) is 0. The fourth-order valence-corrected chi connectivity index (χ4v) is 2.70. The Morgan fingerprint density at radius 2 is 1.94 bits per heavy atom. The minimum Gasteiger partial charge on any atom is -0.371 e. The van der Waals surface area contributed by atoms with Gasteiger partial charge in [-0.1, -0.05) is 25.1 Å². The zero-order chi connectivity index (χ0) is 12.5. The van der Waals surface area contributed by atoms with E-state index in [0.29, 0.717) is 0 Å². The maximum Gasteiger partial charge on any atom is 0.0428 e. The Morgan fingerprint density at radius 1 is 1.29 bits per heavy atom. The zero-order valence-corrected chi connectivity index (χ0v) is 11.3. The highest BCUT2D eigenvalue weighted by molar-refractivity contribution is 5.59. The van der Waals surface area contributed by atoms with Crippen LogP contribution in [0.4, 0.5) is 5.69 Å². The number of rotatable bonds is 2. The van der Waals surface area contributed by atoms with Crippen LogP contribution < -0.4 is 10.6 Å². The highest BCUT2D eigenvalue weighted by atomic mass is 15.1. The van der Waals surface area contributed by atoms with Gasteiger partial charge in [-0.25, -0.2) is 0 Å². The van der Waals surface area contributed by atoms with Crippen molar-refractivity contribution in [1.82, 2.24) is 0 Å². The standard InChI is InChI=1S/C15H24N2/c1-4-13-7-5-6-12(2)14(13)17-10-8-15(3,16)9-11-17/h5-7H,4,8-11,16H2,1-3H3. The van der Waals surface area contributed by atoms with Crippen molar-refractivity contribution in [1.29, 1.82) is 0 Å². The Kier molecular flexibility index (Phi) is 3.43. The van der Waals surface area contributed by atoms with Gasteiger partial charge < -0.3 is 10.6 Å². The summed E-state index contributed by atoms with van der Waals surface area (Å²) in [6, 6.07) is 6.62. The normalized spacial score (nSPS) is 19.4. The third-order valence-electron chi connectivity index (χ3n) is 3.92. The predicted octanol–water partition coefficient (Wildman–Crippen LogP) is 2.88. The molecule has 2 N–H and O–H groups in total. The number of aryl methyl sites for hydroxylation is 2. The summed E-state index contributed by atoms with van der Waals surface area (Å²) in [5.41, 5.74) is 10.5. The number of nitrogens with two attached hydrogens (primary N) is 1. The molecule has 1 aliphatic heterocycles. The van der Waals surface area contributed by atoms with Gasteiger partial charge in [-0.3, -0.25) is 0 Å². The van der Waals surface area contributed by atoms with Gasteiger partial charge in [0.15, 0.2) is 0 Å². The molecular weight excluding hydrogens is 208 g/mol. The van der Waals surface area contributed by atoms with E-state index in [-0.39, 0.29) is 5.54 Å². The van der Waals surface area contributed by atoms with Crippen LogP contribution in [0.3, 0.4) is 0 Å². The Balaban J connectivity index is 2.23. The number of anilines is 1. The third-order valence-corrected chi connectivity index (χ3v) is 3.92. The molecule has 1 fully saturated rings. The molecule has 0 radical (unpaired) electrons. The monoisotopic (exact) mass is 232 g/mol. The lowest BCUT2D eigenvalue weighted by molar-refractivity contribution is 0.363. The Morgan fingerprint density at radius 3 is 2.53 bits per heavy atom. The number of benzene rings is 1. The first-order chi connectivity index (χ1) is 8.03. The van der Waals surface area contributed by atoms with E-state index in [2.05, 4.69) is 43.9 Å². The van der Waals surface area contributed by atoms with Gasteiger partial charge in [-0.2, -0.15) is 0 Å². The van der Waals surface area contributed by atoms with Crippen LogP contribution in [-0.4, -0.2) is 18.6 Å². The fourth-order valence-electron chi connectivity index (χ4n) is 2.70. The van der Waals surface area contributed by atoms with Gasteiger partial charge in [0.2, 0.25) is 0 Å². The number of hydrogen-bond acceptors (Lipinski definition) is 2. The number of para-hydroxylation sites is 1. The lowest BCUT2D eigenvalue weighted by atomic mass is 9.90. The first-order valence-corrected chi connectivity index (χ1v) is 6.66. The fraction of sp³-hybridized carbons (Fsp3) is 0.600. The number of piperidine rings is 1. The van der Waals surface area contributed by atoms with Crippen molar-refractivity contribution >= 4 is 5.69 Å². The van der Waals surface area contributed by atoms with Crippen LogP contribution in [0.1, 0.15) is 37.8 Å². The molecule has 2 nitrogen and oxygen atoms in total. The highest BCUT2D eigenvalue weighted by Gasteiger charge is 2.27. The SMILES string of the molecule is CCc1cccc(C)c1N1CCC(C)(N)CC1. The Bertz CT molecular complexity index is 386. The van der Waals surface area contributed by atoms with Crippen LogP contribution in [0.2, 0.25) is 0 Å². The number of hydrogen-bond donors (Lipinski definition) is 1. The quantitative estimate of drug-likeness (QED) is 0.849. The van der Waals surface area contributed by atoms with E-state index >= 15 is 0 Å². The first-order valence-electron chi connectivity index (χ1n) is 6.66. The molecule has 94 valence electrons. The average Bonchev–Trinajstić information content (AvgIpc) is 2.29. The Labute approximate surface area is 105 Å². The zero-order valence-electron chi connectivity index (χ0n) is 11.3. The van der Waals surface area contributed by atoms with Crippen molar-refractivity contribution in [3.8, 4) is 0 Å². The smallest absolute Gasteiger partial charge is 0.0428 e. The second-order valence-electron chi connectivity index (χ2n) is 5.58. The molecule has 0 unspecified atom stereocenters. The van der Waals surface area contributed by atoms with Gasteiger partial charge >= 0.3 is 0 Å². The van der Waals surface area contributed by atoms with Crippen LogP contribution in [-0.2, 0) is 6.42 Å². The van der Waals surface area contributed by atoms with Gasteiger partial charge in [0.25, 0.3) is 0 Å². The third kappa shape index (κ3) is 2.63. The topological polar surface area (TPSA) is 29.3 Å². The summed E-state index contributed by atoms with van der Waals surface area (Å²) in [7, 11) is 0. The molecule has 1 aromatic rings. The molecule has 0 bridgehead atoms. The molecule has 1 aliphatic rings. The van der Waals surface area contributed by atoms with Gasteiger partial charge in [0.05, 0.1) is 0 Å². The predicted molar refractivity (Wildman–Crippen MR) is 74.6 cm³/mol. The molecule has 0 atom stereocenters. The minimum atomic E-state index is 0.0333. The summed E-state index contributed by atoms with van der Waals surface area (Å²) in [4.78, 5) is 2.52. The largest absolute Gasteiger partial charge is 0.371 e. The van der Waals surface area contributed by atoms with Crippen molar-refractivity contribution in [2.24, 2.45) is 5.73 Å². The van der Waals surface area contributed by atoms with E-state index in [1.165, 1.54) is 16.8 Å². The van der Waals surface area contributed by atoms with Gasteiger partial charge in [-0.15, -0.1) is 0 Å². The van der Waals surface area contributed by atoms with E-state index in [1.807, 2.05) is 0 Å². The van der Waals surface area contributed by atoms with Gasteiger partial charge in [0, 0.05) is 24.3 Å². The molecule has 0 spiro atoms. The molecule has 2 rings (SSSR count). The summed E-state index contributed by atoms with van der Waals surface area (Å²) in [6.07, 6.45) is 3.28. The summed E-state index contributed by atoms with van der Waals surface area (Å²) >= 11 is 0. The van der Waals surface area contributed by atoms with E-state index < -0.39 is 0 Å². The molecule has 0 aromatic heterocycles. The van der Waals surface area contributed by atoms with E-state index in [9.17, 15) is 0 Å². The molecule has 0 aliphatic carbocycles. The summed E-state index contributed by atoms with van der Waals surface area (Å²) in [5.74, 6) is 0. The van der Waals surface area contributed by atoms with E-state index in [4.69, 9.17) is 5.73 Å². The van der Waals surface area contributed by atoms with Crippen molar-refractivity contribution < 1.29 is 0 Å². The van der Waals surface area contributed by atoms with Crippen molar-refractivity contribution in [2.45, 2.75) is 45.6 Å². The molecule has 0 amide bonds. The second kappa shape index (κ2) is 4.69. The van der Waals surface area contributed by atoms with Crippen LogP contribution in [0, 0.1) is 6.92 Å². The molecule has 1 saturated heterocycles. The highest BCUT2D eigenvalue weighted by Crippen LogP contribution is 2.30. The van der Waals surface area contributed by atoms with Crippen LogP contribution in [0.25, 0.3) is 0 Å². The number of nitrogens with zero attached hydrogens (tertiary/aromatic N) is 1. The van der Waals surface area contributed by atoms with E-state index in [1.54, 1.807) is 0 Å². The average molecular weight is 232 g/mol. The molecule has 1 heterocycles. The van der Waals surface area contributed by atoms with E-state index in [0.717, 1.165) is 32.4 Å². The van der Waals surface area contributed by atoms with Crippen LogP contribution in [0.5, 0.6) is 0 Å². The van der Waals surface area contributed by atoms with Gasteiger partial charge in [-0.05, 0) is 44.2 Å². The van der Waals surface area contributed by atoms with Crippen LogP contribution in [0.15, 0.2) is 18.2 Å². The van der Waals surface area contributed by atoms with Gasteiger partial charge in [0.1, 0.15) is 0 Å². The first kappa shape index (κ1) is 12.4. The summed E-state index contributed by atoms with van der Waals surface area (Å²) < 4.78 is 0. The second-order valence-corrected chi connectivity index (χ2v) is 5.58. The molecule has 0 saturated carbocycles. The minimum absolute atomic E-state index is 0.0333. The lowest BCUT2D eigenvalue weighted by Crippen LogP contribution is -2.48. The maximum absolute atomic E-state index is 6.20. The molecule has 1 aromatic carbocycles. The maximum atomic E-state index is 6.20. The van der Waals surface area contributed by atoms with Crippen molar-refractivity contribution in [3.05, 3.63) is 29.3 Å². The van der Waals surface area contributed by atoms with Crippen molar-refractivity contribution in [3.63, 3.8) is 0 Å². The van der Waals surface area contributed by atoms with Crippen LogP contribution >= 0.6 is 0 Å². The molecular formula is C15H24N2. The van der Waals surface area contributed by atoms with Crippen molar-refractivity contribution in [2.75, 3.05) is 18.0 Å². The molecule has 2 heteroatoms. The molecule has 17 heavy (non-hydrogen) atoms. The Hall–Kier alpha value is -1.02. The summed E-state index contributed by atoms with van der Waals surface area (Å²) in [6.45, 7) is 8.79. The lowest BCUT2D eigenvalue weighted by Gasteiger charge is -2.39.